The maximum absolute atomic E-state index is 12.0. The monoisotopic (exact) mass is 481 g/mol. The lowest BCUT2D eigenvalue weighted by Crippen LogP contribution is -2.07. The number of nitrogens with two attached hydrogens (primary N) is 1. The summed E-state index contributed by atoms with van der Waals surface area (Å²) in [6.07, 6.45) is 5.55. The van der Waals surface area contributed by atoms with Gasteiger partial charge in [0.25, 0.3) is 0 Å². The number of carbonyl (C=O) groups is 1. The number of fused-ring (bicyclic) bond motifs is 1. The maximum Gasteiger partial charge on any atom is 0.310 e. The third-order valence-corrected chi connectivity index (χ3v) is 6.15. The largest absolute Gasteiger partial charge is 0.489 e. The number of hydrogen-bond acceptors (Lipinski definition) is 6. The first-order valence-corrected chi connectivity index (χ1v) is 11.6. The first-order chi connectivity index (χ1) is 17.5. The number of rotatable bonds is 8. The Hall–Kier alpha value is -4.36. The minimum Gasteiger partial charge on any atom is -0.489 e. The number of esters is 1. The Morgan fingerprint density at radius 3 is 2.69 bits per heavy atom. The minimum absolute atomic E-state index is 0.122. The predicted octanol–water partition coefficient (Wildman–Crippen LogP) is 5.25. The van der Waals surface area contributed by atoms with Crippen molar-refractivity contribution in [3.63, 3.8) is 0 Å². The Labute approximate surface area is 209 Å². The summed E-state index contributed by atoms with van der Waals surface area (Å²) in [5.74, 6) is 0.302. The summed E-state index contributed by atoms with van der Waals surface area (Å²) in [6.45, 7) is 0.781. The lowest BCUT2D eigenvalue weighted by atomic mass is 9.99. The van der Waals surface area contributed by atoms with Crippen LogP contribution >= 0.6 is 0 Å². The molecule has 0 aliphatic heterocycles. The zero-order valence-electron chi connectivity index (χ0n) is 20.2. The van der Waals surface area contributed by atoms with Crippen molar-refractivity contribution in [2.75, 3.05) is 7.11 Å². The van der Waals surface area contributed by atoms with Gasteiger partial charge in [-0.3, -0.25) is 9.48 Å². The molecule has 0 saturated carbocycles. The fourth-order valence-electron chi connectivity index (χ4n) is 4.28. The van der Waals surface area contributed by atoms with Gasteiger partial charge in [0.05, 0.1) is 26.0 Å². The van der Waals surface area contributed by atoms with Gasteiger partial charge in [-0.15, -0.1) is 0 Å². The SMILES string of the molecule is COC(=O)Cc1ccc(-c2cnn(C)c2)cc1OCc1cc(-c2cccc(CN)c2)c2occc2c1. The lowest BCUT2D eigenvalue weighted by molar-refractivity contribution is -0.139. The standard InChI is InChI=1S/C29H27N3O4/c1-32-17-25(16-31-32)21-6-7-23(14-28(33)34-2)27(13-21)36-18-20-11-24-8-9-35-29(24)26(12-20)22-5-3-4-19(10-22)15-30/h3-13,16-17H,14-15,18,30H2,1-2H3. The number of benzene rings is 3. The average Bonchev–Trinajstić information content (AvgIpc) is 3.56. The number of furan rings is 1. The van der Waals surface area contributed by atoms with Gasteiger partial charge in [-0.25, -0.2) is 0 Å². The summed E-state index contributed by atoms with van der Waals surface area (Å²) < 4.78 is 18.8. The highest BCUT2D eigenvalue weighted by Crippen LogP contribution is 2.33. The van der Waals surface area contributed by atoms with Crippen LogP contribution in [0.3, 0.4) is 0 Å². The molecule has 0 fully saturated rings. The van der Waals surface area contributed by atoms with Crippen molar-refractivity contribution in [1.82, 2.24) is 9.78 Å². The van der Waals surface area contributed by atoms with Crippen LogP contribution in [0.1, 0.15) is 16.7 Å². The summed E-state index contributed by atoms with van der Waals surface area (Å²) in [5, 5.41) is 5.25. The van der Waals surface area contributed by atoms with Gasteiger partial charge in [-0.2, -0.15) is 5.10 Å². The van der Waals surface area contributed by atoms with E-state index in [1.807, 2.05) is 55.7 Å². The van der Waals surface area contributed by atoms with Crippen LogP contribution in [-0.4, -0.2) is 22.9 Å². The molecule has 0 radical (unpaired) electrons. The molecule has 0 aliphatic carbocycles. The van der Waals surface area contributed by atoms with Gasteiger partial charge >= 0.3 is 5.97 Å². The van der Waals surface area contributed by atoms with Crippen molar-refractivity contribution in [2.24, 2.45) is 12.8 Å². The number of hydrogen-bond donors (Lipinski definition) is 1. The van der Waals surface area contributed by atoms with Gasteiger partial charge in [0.1, 0.15) is 17.9 Å². The van der Waals surface area contributed by atoms with Crippen LogP contribution in [-0.2, 0) is 36.2 Å². The third-order valence-electron chi connectivity index (χ3n) is 6.15. The Morgan fingerprint density at radius 2 is 1.92 bits per heavy atom. The van der Waals surface area contributed by atoms with Crippen molar-refractivity contribution in [2.45, 2.75) is 19.6 Å². The highest BCUT2D eigenvalue weighted by Gasteiger charge is 2.14. The number of aromatic nitrogens is 2. The molecule has 0 amide bonds. The minimum atomic E-state index is -0.323. The molecule has 0 spiro atoms. The molecule has 3 aromatic carbocycles. The highest BCUT2D eigenvalue weighted by atomic mass is 16.5. The van der Waals surface area contributed by atoms with E-state index in [1.165, 1.54) is 7.11 Å². The Balaban J connectivity index is 1.49. The van der Waals surface area contributed by atoms with Crippen molar-refractivity contribution in [1.29, 1.82) is 0 Å². The maximum atomic E-state index is 12.0. The number of carbonyl (C=O) groups excluding carboxylic acids is 1. The summed E-state index contributed by atoms with van der Waals surface area (Å²) in [6, 6.07) is 20.0. The average molecular weight is 482 g/mol. The second kappa shape index (κ2) is 10.1. The molecule has 182 valence electrons. The summed E-state index contributed by atoms with van der Waals surface area (Å²) in [5.41, 5.74) is 13.4. The van der Waals surface area contributed by atoms with E-state index in [0.717, 1.165) is 49.9 Å². The molecular formula is C29H27N3O4. The van der Waals surface area contributed by atoms with Crippen LogP contribution in [0.2, 0.25) is 0 Å². The lowest BCUT2D eigenvalue weighted by Gasteiger charge is -2.14. The fraction of sp³-hybridized carbons (Fsp3) is 0.172. The number of methoxy groups -OCH3 is 1. The van der Waals surface area contributed by atoms with Crippen LogP contribution < -0.4 is 10.5 Å². The van der Waals surface area contributed by atoms with Crippen molar-refractivity contribution < 1.29 is 18.7 Å². The first-order valence-electron chi connectivity index (χ1n) is 11.6. The van der Waals surface area contributed by atoms with Crippen LogP contribution in [0, 0.1) is 0 Å². The Bertz CT molecular complexity index is 1530. The molecule has 5 rings (SSSR count). The van der Waals surface area contributed by atoms with Crippen molar-refractivity contribution >= 4 is 16.9 Å². The normalized spacial score (nSPS) is 11.1. The van der Waals surface area contributed by atoms with E-state index in [2.05, 4.69) is 23.3 Å². The predicted molar refractivity (Wildman–Crippen MR) is 138 cm³/mol. The summed E-state index contributed by atoms with van der Waals surface area (Å²) in [4.78, 5) is 12.0. The van der Waals surface area contributed by atoms with Crippen LogP contribution in [0.25, 0.3) is 33.2 Å². The van der Waals surface area contributed by atoms with E-state index >= 15 is 0 Å². The molecule has 5 aromatic rings. The summed E-state index contributed by atoms with van der Waals surface area (Å²) in [7, 11) is 3.26. The fourth-order valence-corrected chi connectivity index (χ4v) is 4.28. The number of nitrogens with zero attached hydrogens (tertiary/aromatic N) is 2. The van der Waals surface area contributed by atoms with Crippen molar-refractivity contribution in [3.8, 4) is 28.0 Å². The molecule has 0 atom stereocenters. The van der Waals surface area contributed by atoms with Gasteiger partial charge in [-0.05, 0) is 52.6 Å². The van der Waals surface area contributed by atoms with Crippen LogP contribution in [0.5, 0.6) is 5.75 Å². The van der Waals surface area contributed by atoms with Gasteiger partial charge < -0.3 is 19.6 Å². The number of ether oxygens (including phenoxy) is 2. The zero-order valence-corrected chi connectivity index (χ0v) is 20.2. The van der Waals surface area contributed by atoms with Crippen molar-refractivity contribution in [3.05, 3.63) is 96.0 Å². The topological polar surface area (TPSA) is 92.5 Å². The quantitative estimate of drug-likeness (QED) is 0.304. The van der Waals surface area contributed by atoms with Gasteiger partial charge in [0.15, 0.2) is 0 Å². The second-order valence-electron chi connectivity index (χ2n) is 8.65. The van der Waals surface area contributed by atoms with E-state index in [4.69, 9.17) is 19.6 Å². The Kier molecular flexibility index (Phi) is 6.56. The molecule has 0 aliphatic rings. The molecule has 2 heterocycles. The molecule has 2 aromatic heterocycles. The molecule has 2 N–H and O–H groups in total. The van der Waals surface area contributed by atoms with E-state index in [0.29, 0.717) is 18.9 Å². The van der Waals surface area contributed by atoms with E-state index in [9.17, 15) is 4.79 Å². The number of aryl methyl sites for hydroxylation is 1. The molecular weight excluding hydrogens is 454 g/mol. The molecule has 0 saturated heterocycles. The first kappa shape index (κ1) is 23.4. The van der Waals surface area contributed by atoms with Crippen LogP contribution in [0.15, 0.2) is 83.7 Å². The smallest absolute Gasteiger partial charge is 0.310 e. The van der Waals surface area contributed by atoms with Gasteiger partial charge in [0, 0.05) is 41.9 Å². The molecule has 0 bridgehead atoms. The van der Waals surface area contributed by atoms with Gasteiger partial charge in [-0.1, -0.05) is 30.3 Å². The molecule has 0 unspecified atom stereocenters. The molecule has 7 heteroatoms. The van der Waals surface area contributed by atoms with Gasteiger partial charge in [0.2, 0.25) is 0 Å². The van der Waals surface area contributed by atoms with Crippen LogP contribution in [0.4, 0.5) is 0 Å². The summed E-state index contributed by atoms with van der Waals surface area (Å²) >= 11 is 0. The van der Waals surface area contributed by atoms with E-state index < -0.39 is 0 Å². The second-order valence-corrected chi connectivity index (χ2v) is 8.65. The zero-order chi connectivity index (χ0) is 25.1. The molecule has 36 heavy (non-hydrogen) atoms. The third kappa shape index (κ3) is 4.87. The Morgan fingerprint density at radius 1 is 1.03 bits per heavy atom. The highest BCUT2D eigenvalue weighted by molar-refractivity contribution is 5.93. The van der Waals surface area contributed by atoms with E-state index in [1.54, 1.807) is 17.1 Å². The molecule has 7 nitrogen and oxygen atoms in total. The van der Waals surface area contributed by atoms with E-state index in [-0.39, 0.29) is 12.4 Å².